The molecule has 1 fully saturated rings. The van der Waals surface area contributed by atoms with Gasteiger partial charge in [-0.25, -0.2) is 13.8 Å². The van der Waals surface area contributed by atoms with E-state index in [4.69, 9.17) is 5.73 Å². The zero-order valence-electron chi connectivity index (χ0n) is 17.2. The Morgan fingerprint density at radius 2 is 1.94 bits per heavy atom. The van der Waals surface area contributed by atoms with Gasteiger partial charge in [0.1, 0.15) is 29.4 Å². The summed E-state index contributed by atoms with van der Waals surface area (Å²) >= 11 is 0. The highest BCUT2D eigenvalue weighted by atomic mass is 19.4. The summed E-state index contributed by atoms with van der Waals surface area (Å²) in [6, 6.07) is 2.22. The fourth-order valence-electron chi connectivity index (χ4n) is 3.58. The molecule has 0 bridgehead atoms. The number of hydrogen-bond donors (Lipinski definition) is 2. The van der Waals surface area contributed by atoms with Crippen LogP contribution in [0, 0.1) is 23.0 Å². The van der Waals surface area contributed by atoms with Gasteiger partial charge in [-0.3, -0.25) is 4.79 Å². The van der Waals surface area contributed by atoms with Crippen molar-refractivity contribution in [2.45, 2.75) is 38.0 Å². The number of alkyl halides is 3. The first-order valence-corrected chi connectivity index (χ1v) is 9.63. The largest absolute Gasteiger partial charge is 0.408 e. The van der Waals surface area contributed by atoms with E-state index in [0.717, 1.165) is 25.3 Å². The van der Waals surface area contributed by atoms with Crippen molar-refractivity contribution in [2.24, 2.45) is 5.73 Å². The van der Waals surface area contributed by atoms with E-state index in [1.54, 1.807) is 11.8 Å². The van der Waals surface area contributed by atoms with Gasteiger partial charge in [0.15, 0.2) is 0 Å². The minimum atomic E-state index is -4.69. The van der Waals surface area contributed by atoms with E-state index in [0.29, 0.717) is 19.0 Å². The second-order valence-corrected chi connectivity index (χ2v) is 8.08. The first kappa shape index (κ1) is 23.4. The number of nitrogens with one attached hydrogen (secondary N) is 1. The van der Waals surface area contributed by atoms with Crippen LogP contribution in [0.15, 0.2) is 24.4 Å². The highest BCUT2D eigenvalue weighted by Gasteiger charge is 2.39. The number of carbonyl (C=O) groups excluding carboxylic acids is 1. The molecule has 32 heavy (non-hydrogen) atoms. The van der Waals surface area contributed by atoms with Crippen LogP contribution in [0.5, 0.6) is 0 Å². The van der Waals surface area contributed by atoms with Gasteiger partial charge in [-0.15, -0.1) is 0 Å². The fraction of sp³-hybridized carbons (Fsp3) is 0.381. The Bertz CT molecular complexity index is 1070. The summed E-state index contributed by atoms with van der Waals surface area (Å²) in [7, 11) is 0. The van der Waals surface area contributed by atoms with Gasteiger partial charge >= 0.3 is 6.18 Å². The molecule has 1 saturated heterocycles. The monoisotopic (exact) mass is 453 g/mol. The first-order chi connectivity index (χ1) is 14.8. The van der Waals surface area contributed by atoms with E-state index in [2.05, 4.69) is 4.98 Å². The average molecular weight is 453 g/mol. The summed E-state index contributed by atoms with van der Waals surface area (Å²) in [4.78, 5) is 18.3. The molecule has 170 valence electrons. The number of nitrogens with zero attached hydrogens (tertiary/aromatic N) is 3. The molecule has 1 aliphatic heterocycles. The van der Waals surface area contributed by atoms with Crippen LogP contribution in [0.3, 0.4) is 0 Å². The topological polar surface area (TPSA) is 95.0 Å². The van der Waals surface area contributed by atoms with E-state index in [-0.39, 0.29) is 34.6 Å². The molecule has 11 heteroatoms. The molecule has 2 heterocycles. The van der Waals surface area contributed by atoms with Crippen LogP contribution in [-0.2, 0) is 0 Å². The van der Waals surface area contributed by atoms with E-state index in [9.17, 15) is 32.0 Å². The lowest BCUT2D eigenvalue weighted by molar-refractivity contribution is -0.149. The maximum Gasteiger partial charge on any atom is 0.408 e. The molecular formula is C21H20F5N5O. The van der Waals surface area contributed by atoms with Crippen molar-refractivity contribution in [3.8, 4) is 17.2 Å². The quantitative estimate of drug-likeness (QED) is 0.691. The number of nitrogens with two attached hydrogens (primary N) is 1. The Kier molecular flexibility index (Phi) is 6.11. The molecule has 1 aliphatic rings. The first-order valence-electron chi connectivity index (χ1n) is 9.63. The maximum absolute atomic E-state index is 14.0. The highest BCUT2D eigenvalue weighted by molar-refractivity contribution is 6.04. The third-order valence-corrected chi connectivity index (χ3v) is 5.21. The molecule has 1 aromatic heterocycles. The number of benzene rings is 1. The number of amides is 1. The smallest absolute Gasteiger partial charge is 0.368 e. The number of pyridine rings is 1. The van der Waals surface area contributed by atoms with Gasteiger partial charge in [0, 0.05) is 36.5 Å². The highest BCUT2D eigenvalue weighted by Crippen LogP contribution is 2.39. The average Bonchev–Trinajstić information content (AvgIpc) is 3.04. The Labute approximate surface area is 180 Å². The molecule has 0 saturated carbocycles. The minimum Gasteiger partial charge on any atom is -0.368 e. The number of halogens is 5. The second kappa shape index (κ2) is 8.35. The zero-order valence-corrected chi connectivity index (χ0v) is 17.2. The minimum absolute atomic E-state index is 0.0441. The number of nitriles is 1. The zero-order chi connectivity index (χ0) is 23.8. The van der Waals surface area contributed by atoms with Crippen molar-refractivity contribution < 1.29 is 26.7 Å². The normalized spacial score (nSPS) is 19.5. The lowest BCUT2D eigenvalue weighted by Gasteiger charge is -2.27. The Hall–Kier alpha value is -3.26. The van der Waals surface area contributed by atoms with Crippen LogP contribution in [-0.4, -0.2) is 41.7 Å². The van der Waals surface area contributed by atoms with Crippen molar-refractivity contribution in [3.63, 3.8) is 0 Å². The SMILES string of the molecule is CC(NC(=O)c1cnc(C#N)c(-c2cc(F)cc(F)c2)c1N1CCC(C)(N)C1)C(F)(F)F. The molecule has 3 rings (SSSR count). The Morgan fingerprint density at radius 1 is 1.31 bits per heavy atom. The van der Waals surface area contributed by atoms with Crippen molar-refractivity contribution in [1.82, 2.24) is 10.3 Å². The lowest BCUT2D eigenvalue weighted by Crippen LogP contribution is -2.44. The summed E-state index contributed by atoms with van der Waals surface area (Å²) in [5.74, 6) is -2.95. The Morgan fingerprint density at radius 3 is 2.44 bits per heavy atom. The molecule has 1 aromatic carbocycles. The predicted molar refractivity (Wildman–Crippen MR) is 107 cm³/mol. The van der Waals surface area contributed by atoms with Gasteiger partial charge in [0.2, 0.25) is 0 Å². The lowest BCUT2D eigenvalue weighted by atomic mass is 9.97. The van der Waals surface area contributed by atoms with E-state index in [1.807, 2.05) is 11.4 Å². The molecule has 0 spiro atoms. The van der Waals surface area contributed by atoms with Gasteiger partial charge in [-0.2, -0.15) is 18.4 Å². The predicted octanol–water partition coefficient (Wildman–Crippen LogP) is 3.51. The van der Waals surface area contributed by atoms with E-state index < -0.39 is 35.3 Å². The molecule has 0 radical (unpaired) electrons. The molecule has 3 N–H and O–H groups in total. The summed E-state index contributed by atoms with van der Waals surface area (Å²) in [5.41, 5.74) is 4.90. The molecule has 1 amide bonds. The molecule has 0 aliphatic carbocycles. The molecule has 6 nitrogen and oxygen atoms in total. The fourth-order valence-corrected chi connectivity index (χ4v) is 3.58. The summed E-state index contributed by atoms with van der Waals surface area (Å²) in [5, 5.41) is 11.4. The standard InChI is InChI=1S/C21H20F5N5O/c1-11(21(24,25)26)30-19(32)15-9-29-16(8-27)17(12-5-13(22)7-14(23)6-12)18(15)31-4-3-20(2,28)10-31/h5-7,9,11H,3-4,10,28H2,1-2H3,(H,30,32). The number of hydrogen-bond acceptors (Lipinski definition) is 5. The van der Waals surface area contributed by atoms with Gasteiger partial charge in [0.05, 0.1) is 11.3 Å². The number of anilines is 1. The van der Waals surface area contributed by atoms with E-state index >= 15 is 0 Å². The van der Waals surface area contributed by atoms with Crippen molar-refractivity contribution in [2.75, 3.05) is 18.0 Å². The van der Waals surface area contributed by atoms with Gasteiger partial charge in [-0.05, 0) is 38.0 Å². The van der Waals surface area contributed by atoms with E-state index in [1.165, 1.54) is 0 Å². The van der Waals surface area contributed by atoms with Crippen LogP contribution in [0.4, 0.5) is 27.6 Å². The van der Waals surface area contributed by atoms with Gasteiger partial charge < -0.3 is 16.0 Å². The van der Waals surface area contributed by atoms with Gasteiger partial charge in [0.25, 0.3) is 5.91 Å². The summed E-state index contributed by atoms with van der Waals surface area (Å²) < 4.78 is 66.9. The van der Waals surface area contributed by atoms with Crippen LogP contribution in [0.25, 0.3) is 11.1 Å². The van der Waals surface area contributed by atoms with Crippen molar-refractivity contribution in [3.05, 3.63) is 47.3 Å². The molecular weight excluding hydrogens is 433 g/mol. The third-order valence-electron chi connectivity index (χ3n) is 5.21. The summed E-state index contributed by atoms with van der Waals surface area (Å²) in [6.45, 7) is 3.04. The second-order valence-electron chi connectivity index (χ2n) is 8.08. The van der Waals surface area contributed by atoms with Crippen LogP contribution >= 0.6 is 0 Å². The Balaban J connectivity index is 2.24. The number of aromatic nitrogens is 1. The summed E-state index contributed by atoms with van der Waals surface area (Å²) in [6.07, 6.45) is -3.22. The number of carbonyl (C=O) groups is 1. The molecule has 2 atom stereocenters. The van der Waals surface area contributed by atoms with Crippen LogP contribution < -0.4 is 16.0 Å². The van der Waals surface area contributed by atoms with Crippen molar-refractivity contribution in [1.29, 1.82) is 5.26 Å². The maximum atomic E-state index is 14.0. The molecule has 2 aromatic rings. The van der Waals surface area contributed by atoms with Crippen LogP contribution in [0.1, 0.15) is 36.3 Å². The van der Waals surface area contributed by atoms with Crippen LogP contribution in [0.2, 0.25) is 0 Å². The molecule has 2 unspecified atom stereocenters. The van der Waals surface area contributed by atoms with Crippen molar-refractivity contribution >= 4 is 11.6 Å². The third kappa shape index (κ3) is 4.80. The number of rotatable bonds is 4. The van der Waals surface area contributed by atoms with Gasteiger partial charge in [-0.1, -0.05) is 0 Å².